The highest BCUT2D eigenvalue weighted by Gasteiger charge is 2.31. The zero-order valence-electron chi connectivity index (χ0n) is 14.2. The predicted molar refractivity (Wildman–Crippen MR) is 99.8 cm³/mol. The molecule has 2 aromatic carbocycles. The summed E-state index contributed by atoms with van der Waals surface area (Å²) in [6.45, 7) is 1.72. The van der Waals surface area contributed by atoms with Crippen LogP contribution in [0.15, 0.2) is 40.2 Å². The van der Waals surface area contributed by atoms with Crippen LogP contribution in [0.5, 0.6) is 0 Å². The number of carbonyl (C=O) groups excluding carboxylic acids is 1. The fourth-order valence-corrected chi connectivity index (χ4v) is 4.07. The average molecular weight is 388 g/mol. The van der Waals surface area contributed by atoms with E-state index in [2.05, 4.69) is 0 Å². The number of nitrogen functional groups attached to an aromatic ring is 1. The molecule has 0 aliphatic carbocycles. The highest BCUT2D eigenvalue weighted by atomic mass is 32.2. The minimum absolute atomic E-state index is 0.0185. The number of pyridine rings is 1. The molecule has 0 spiro atoms. The third-order valence-corrected chi connectivity index (χ3v) is 5.49. The largest absolute Gasteiger partial charge is 0.462 e. The number of carbonyl (C=O) groups is 1. The molecule has 4 rings (SSSR count). The van der Waals surface area contributed by atoms with E-state index in [1.54, 1.807) is 19.1 Å². The number of hydrogen-bond acceptors (Lipinski definition) is 5. The summed E-state index contributed by atoms with van der Waals surface area (Å²) in [5, 5.41) is 0.149. The third kappa shape index (κ3) is 2.59. The van der Waals surface area contributed by atoms with Crippen LogP contribution >= 0.6 is 11.8 Å². The Morgan fingerprint density at radius 1 is 1.30 bits per heavy atom. The molecule has 1 aliphatic rings. The summed E-state index contributed by atoms with van der Waals surface area (Å²) in [6, 6.07) is 7.09. The third-order valence-electron chi connectivity index (χ3n) is 4.40. The first-order valence-electron chi connectivity index (χ1n) is 8.18. The molecular formula is C19H14F2N2O3S. The standard InChI is InChI=1S/C19H14F2N2O3S/c1-2-26-19(25)14-17(24)11-7-12(20)13(9-3-5-10(22)6-4-9)15(21)16(11)23-8-27-18(14)23/h3-7H,2,8,22H2,1H3. The van der Waals surface area contributed by atoms with Gasteiger partial charge in [0.2, 0.25) is 5.43 Å². The second-order valence-electron chi connectivity index (χ2n) is 6.00. The fraction of sp³-hybridized carbons (Fsp3) is 0.158. The normalized spacial score (nSPS) is 12.6. The lowest BCUT2D eigenvalue weighted by Gasteiger charge is -2.27. The van der Waals surface area contributed by atoms with Crippen LogP contribution in [0.3, 0.4) is 0 Å². The number of halogens is 2. The predicted octanol–water partition coefficient (Wildman–Crippen LogP) is 3.77. The van der Waals surface area contributed by atoms with E-state index in [1.165, 1.54) is 28.5 Å². The van der Waals surface area contributed by atoms with Crippen LogP contribution in [0, 0.1) is 11.6 Å². The number of benzene rings is 2. The van der Waals surface area contributed by atoms with Crippen LogP contribution in [-0.2, 0) is 10.6 Å². The molecule has 0 unspecified atom stereocenters. The van der Waals surface area contributed by atoms with Gasteiger partial charge in [-0.05, 0) is 30.7 Å². The van der Waals surface area contributed by atoms with Gasteiger partial charge in [0, 0.05) is 5.69 Å². The molecular weight excluding hydrogens is 374 g/mol. The molecule has 27 heavy (non-hydrogen) atoms. The van der Waals surface area contributed by atoms with E-state index in [9.17, 15) is 14.0 Å². The Morgan fingerprint density at radius 3 is 2.59 bits per heavy atom. The fourth-order valence-electron chi connectivity index (χ4n) is 3.14. The van der Waals surface area contributed by atoms with E-state index < -0.39 is 23.0 Å². The van der Waals surface area contributed by atoms with E-state index in [-0.39, 0.29) is 28.6 Å². The van der Waals surface area contributed by atoms with Crippen molar-refractivity contribution in [1.29, 1.82) is 0 Å². The first-order valence-corrected chi connectivity index (χ1v) is 9.17. The smallest absolute Gasteiger partial charge is 0.344 e. The van der Waals surface area contributed by atoms with Gasteiger partial charge in [-0.15, -0.1) is 0 Å². The molecule has 3 aromatic rings. The molecule has 2 N–H and O–H groups in total. The zero-order chi connectivity index (χ0) is 19.3. The second kappa shape index (κ2) is 6.38. The number of nitrogens with two attached hydrogens (primary N) is 1. The van der Waals surface area contributed by atoms with Crippen molar-refractivity contribution < 1.29 is 18.3 Å². The molecule has 0 saturated heterocycles. The van der Waals surface area contributed by atoms with E-state index in [0.29, 0.717) is 22.2 Å². The molecule has 138 valence electrons. The Labute approximate surface area is 156 Å². The summed E-state index contributed by atoms with van der Waals surface area (Å²) in [4.78, 5) is 24.9. The lowest BCUT2D eigenvalue weighted by Crippen LogP contribution is -2.28. The van der Waals surface area contributed by atoms with Gasteiger partial charge in [-0.1, -0.05) is 23.9 Å². The van der Waals surface area contributed by atoms with E-state index in [4.69, 9.17) is 10.5 Å². The van der Waals surface area contributed by atoms with Crippen molar-refractivity contribution in [2.24, 2.45) is 0 Å². The van der Waals surface area contributed by atoms with Gasteiger partial charge in [-0.3, -0.25) is 4.79 Å². The molecule has 0 radical (unpaired) electrons. The van der Waals surface area contributed by atoms with Gasteiger partial charge in [0.1, 0.15) is 11.4 Å². The van der Waals surface area contributed by atoms with Crippen LogP contribution < -0.4 is 11.2 Å². The zero-order valence-corrected chi connectivity index (χ0v) is 15.0. The maximum absolute atomic E-state index is 15.3. The Bertz CT molecular complexity index is 1160. The molecule has 2 heterocycles. The number of thioether (sulfide) groups is 1. The van der Waals surface area contributed by atoms with E-state index in [0.717, 1.165) is 6.07 Å². The topological polar surface area (TPSA) is 74.3 Å². The van der Waals surface area contributed by atoms with Crippen molar-refractivity contribution in [2.75, 3.05) is 12.3 Å². The Hall–Kier alpha value is -2.87. The SMILES string of the molecule is CCOC(=O)c1c2n(c3c(F)c(-c4ccc(N)cc4)c(F)cc3c1=O)CS2. The second-order valence-corrected chi connectivity index (χ2v) is 6.93. The number of aromatic nitrogens is 1. The molecule has 0 atom stereocenters. The van der Waals surface area contributed by atoms with Crippen molar-refractivity contribution in [2.45, 2.75) is 17.8 Å². The van der Waals surface area contributed by atoms with Crippen LogP contribution in [0.1, 0.15) is 17.3 Å². The number of anilines is 1. The molecule has 1 aliphatic heterocycles. The maximum atomic E-state index is 15.3. The monoisotopic (exact) mass is 388 g/mol. The van der Waals surface area contributed by atoms with Crippen LogP contribution in [0.25, 0.3) is 22.0 Å². The van der Waals surface area contributed by atoms with Crippen molar-refractivity contribution >= 4 is 34.3 Å². The van der Waals surface area contributed by atoms with Gasteiger partial charge in [0.05, 0.1) is 34.0 Å². The molecule has 1 aromatic heterocycles. The maximum Gasteiger partial charge on any atom is 0.344 e. The number of nitrogens with zero attached hydrogens (tertiary/aromatic N) is 1. The summed E-state index contributed by atoms with van der Waals surface area (Å²) < 4.78 is 36.5. The molecule has 8 heteroatoms. The van der Waals surface area contributed by atoms with E-state index in [1.807, 2.05) is 0 Å². The van der Waals surface area contributed by atoms with Crippen molar-refractivity contribution in [1.82, 2.24) is 4.57 Å². The number of esters is 1. The van der Waals surface area contributed by atoms with Gasteiger partial charge in [0.15, 0.2) is 5.82 Å². The lowest BCUT2D eigenvalue weighted by atomic mass is 10.0. The van der Waals surface area contributed by atoms with Gasteiger partial charge in [-0.2, -0.15) is 0 Å². The molecule has 0 saturated carbocycles. The molecule has 5 nitrogen and oxygen atoms in total. The van der Waals surface area contributed by atoms with Crippen LogP contribution in [0.2, 0.25) is 0 Å². The minimum Gasteiger partial charge on any atom is -0.462 e. The summed E-state index contributed by atoms with van der Waals surface area (Å²) in [6.07, 6.45) is 0. The van der Waals surface area contributed by atoms with Crippen molar-refractivity contribution in [3.05, 3.63) is 57.8 Å². The average Bonchev–Trinajstić information content (AvgIpc) is 2.60. The lowest BCUT2D eigenvalue weighted by molar-refractivity contribution is 0.0518. The van der Waals surface area contributed by atoms with Crippen LogP contribution in [0.4, 0.5) is 14.5 Å². The quantitative estimate of drug-likeness (QED) is 0.546. The molecule has 0 amide bonds. The highest BCUT2D eigenvalue weighted by molar-refractivity contribution is 7.99. The van der Waals surface area contributed by atoms with Gasteiger partial charge >= 0.3 is 5.97 Å². The highest BCUT2D eigenvalue weighted by Crippen LogP contribution is 2.40. The van der Waals surface area contributed by atoms with Gasteiger partial charge in [0.25, 0.3) is 0 Å². The first-order chi connectivity index (χ1) is 12.9. The molecule has 0 fully saturated rings. The number of rotatable bonds is 3. The summed E-state index contributed by atoms with van der Waals surface area (Å²) in [5.74, 6) is -2.17. The van der Waals surface area contributed by atoms with Crippen LogP contribution in [-0.4, -0.2) is 17.1 Å². The minimum atomic E-state index is -0.885. The first kappa shape index (κ1) is 17.5. The Morgan fingerprint density at radius 2 is 2.00 bits per heavy atom. The molecule has 0 bridgehead atoms. The number of fused-ring (bicyclic) bond motifs is 3. The number of hydrogen-bond donors (Lipinski definition) is 1. The Balaban J connectivity index is 2.04. The summed E-state index contributed by atoms with van der Waals surface area (Å²) in [7, 11) is 0. The van der Waals surface area contributed by atoms with Gasteiger partial charge in [-0.25, -0.2) is 13.6 Å². The van der Waals surface area contributed by atoms with Crippen molar-refractivity contribution in [3.8, 4) is 11.1 Å². The van der Waals surface area contributed by atoms with Crippen molar-refractivity contribution in [3.63, 3.8) is 0 Å². The van der Waals surface area contributed by atoms with E-state index >= 15 is 4.39 Å². The Kier molecular flexibility index (Phi) is 4.15. The van der Waals surface area contributed by atoms with Gasteiger partial charge < -0.3 is 15.0 Å². The number of ether oxygens (including phenoxy) is 1. The summed E-state index contributed by atoms with van der Waals surface area (Å²) in [5.41, 5.74) is 5.24. The summed E-state index contributed by atoms with van der Waals surface area (Å²) >= 11 is 1.24.